The Bertz CT molecular complexity index is 603. The molecule has 0 atom stereocenters. The molecule has 3 rings (SSSR count). The first-order chi connectivity index (χ1) is 9.12. The zero-order valence-electron chi connectivity index (χ0n) is 10.8. The number of aryl methyl sites for hydroxylation is 1. The highest BCUT2D eigenvalue weighted by atomic mass is 79.9. The van der Waals surface area contributed by atoms with Gasteiger partial charge in [0, 0.05) is 10.2 Å². The molecule has 0 aromatic heterocycles. The first-order valence-electron chi connectivity index (χ1n) is 6.32. The lowest BCUT2D eigenvalue weighted by molar-refractivity contribution is -0.0382. The van der Waals surface area contributed by atoms with Crippen molar-refractivity contribution in [1.82, 2.24) is 0 Å². The predicted octanol–water partition coefficient (Wildman–Crippen LogP) is 3.66. The number of nitrogens with two attached hydrogens (primary N) is 1. The Morgan fingerprint density at radius 3 is 2.37 bits per heavy atom. The van der Waals surface area contributed by atoms with Crippen LogP contribution in [0.3, 0.4) is 0 Å². The van der Waals surface area contributed by atoms with Gasteiger partial charge in [-0.1, -0.05) is 34.1 Å². The lowest BCUT2D eigenvalue weighted by Crippen LogP contribution is -2.48. The van der Waals surface area contributed by atoms with Crippen molar-refractivity contribution in [2.75, 3.05) is 18.9 Å². The monoisotopic (exact) mass is 317 g/mol. The van der Waals surface area contributed by atoms with E-state index in [1.807, 2.05) is 12.1 Å². The molecule has 2 aromatic carbocycles. The molecule has 19 heavy (non-hydrogen) atoms. The van der Waals surface area contributed by atoms with Crippen LogP contribution in [0.1, 0.15) is 16.7 Å². The Kier molecular flexibility index (Phi) is 3.11. The van der Waals surface area contributed by atoms with Gasteiger partial charge in [0.1, 0.15) is 0 Å². The van der Waals surface area contributed by atoms with Crippen molar-refractivity contribution < 1.29 is 4.74 Å². The maximum Gasteiger partial charge on any atom is 0.0672 e. The molecule has 2 aromatic rings. The van der Waals surface area contributed by atoms with Gasteiger partial charge in [-0.05, 0) is 47.9 Å². The Labute approximate surface area is 121 Å². The molecule has 0 unspecified atom stereocenters. The van der Waals surface area contributed by atoms with Gasteiger partial charge in [0.25, 0.3) is 0 Å². The van der Waals surface area contributed by atoms with Gasteiger partial charge in [-0.25, -0.2) is 0 Å². The molecule has 0 radical (unpaired) electrons. The number of hydrogen-bond acceptors (Lipinski definition) is 2. The smallest absolute Gasteiger partial charge is 0.0672 e. The van der Waals surface area contributed by atoms with Gasteiger partial charge < -0.3 is 10.5 Å². The van der Waals surface area contributed by atoms with Crippen molar-refractivity contribution >= 4 is 21.6 Å². The summed E-state index contributed by atoms with van der Waals surface area (Å²) in [5, 5.41) is 0. The zero-order chi connectivity index (χ0) is 13.5. The third-order valence-electron chi connectivity index (χ3n) is 3.88. The number of hydrogen-bond donors (Lipinski definition) is 1. The molecule has 0 saturated carbocycles. The van der Waals surface area contributed by atoms with Crippen LogP contribution in [0.5, 0.6) is 0 Å². The molecule has 1 heterocycles. The minimum absolute atomic E-state index is 0.0262. The second-order valence-electron chi connectivity index (χ2n) is 5.16. The van der Waals surface area contributed by atoms with Gasteiger partial charge >= 0.3 is 0 Å². The normalized spacial score (nSPS) is 16.9. The standard InChI is InChI=1S/C16H16BrNO/c1-11-2-5-13(17)8-15(11)16(9-19-10-16)12-3-6-14(18)7-4-12/h2-8H,9-10,18H2,1H3. The van der Waals surface area contributed by atoms with Crippen LogP contribution in [0.15, 0.2) is 46.9 Å². The SMILES string of the molecule is Cc1ccc(Br)cc1C1(c2ccc(N)cc2)COC1. The molecule has 0 spiro atoms. The molecule has 1 aliphatic rings. The second kappa shape index (κ2) is 4.66. The van der Waals surface area contributed by atoms with Crippen molar-refractivity contribution in [2.24, 2.45) is 0 Å². The molecule has 98 valence electrons. The van der Waals surface area contributed by atoms with Crippen LogP contribution in [0.25, 0.3) is 0 Å². The zero-order valence-corrected chi connectivity index (χ0v) is 12.4. The average molecular weight is 318 g/mol. The summed E-state index contributed by atoms with van der Waals surface area (Å²) in [5.41, 5.74) is 10.5. The third kappa shape index (κ3) is 2.07. The molecule has 3 heteroatoms. The molecule has 2 N–H and O–H groups in total. The van der Waals surface area contributed by atoms with Gasteiger partial charge in [0.05, 0.1) is 18.6 Å². The summed E-state index contributed by atoms with van der Waals surface area (Å²) in [7, 11) is 0. The maximum absolute atomic E-state index is 5.78. The Hall–Kier alpha value is -1.32. The predicted molar refractivity (Wildman–Crippen MR) is 81.3 cm³/mol. The molecular weight excluding hydrogens is 302 g/mol. The number of nitrogen functional groups attached to an aromatic ring is 1. The summed E-state index contributed by atoms with van der Waals surface area (Å²) in [6, 6.07) is 14.6. The van der Waals surface area contributed by atoms with E-state index in [1.54, 1.807) is 0 Å². The van der Waals surface area contributed by atoms with E-state index in [-0.39, 0.29) is 5.41 Å². The Morgan fingerprint density at radius 2 is 1.79 bits per heavy atom. The van der Waals surface area contributed by atoms with E-state index in [1.165, 1.54) is 16.7 Å². The summed E-state index contributed by atoms with van der Waals surface area (Å²) in [6.45, 7) is 3.61. The van der Waals surface area contributed by atoms with Crippen molar-refractivity contribution in [2.45, 2.75) is 12.3 Å². The van der Waals surface area contributed by atoms with E-state index in [2.05, 4.69) is 53.2 Å². The largest absolute Gasteiger partial charge is 0.399 e. The van der Waals surface area contributed by atoms with Crippen molar-refractivity contribution in [3.63, 3.8) is 0 Å². The third-order valence-corrected chi connectivity index (χ3v) is 4.37. The van der Waals surface area contributed by atoms with Gasteiger partial charge in [-0.15, -0.1) is 0 Å². The lowest BCUT2D eigenvalue weighted by Gasteiger charge is -2.43. The van der Waals surface area contributed by atoms with E-state index < -0.39 is 0 Å². The summed E-state index contributed by atoms with van der Waals surface area (Å²) >= 11 is 3.57. The maximum atomic E-state index is 5.78. The van der Waals surface area contributed by atoms with Crippen molar-refractivity contribution in [3.05, 3.63) is 63.6 Å². The molecule has 0 aliphatic carbocycles. The highest BCUT2D eigenvalue weighted by Crippen LogP contribution is 2.41. The van der Waals surface area contributed by atoms with Crippen LogP contribution in [-0.4, -0.2) is 13.2 Å². The fourth-order valence-corrected chi connectivity index (χ4v) is 3.06. The lowest BCUT2D eigenvalue weighted by atomic mass is 9.71. The minimum atomic E-state index is -0.0262. The first kappa shape index (κ1) is 12.7. The number of anilines is 1. The second-order valence-corrected chi connectivity index (χ2v) is 6.07. The summed E-state index contributed by atoms with van der Waals surface area (Å²) < 4.78 is 6.63. The van der Waals surface area contributed by atoms with E-state index in [0.29, 0.717) is 0 Å². The first-order valence-corrected chi connectivity index (χ1v) is 7.11. The Morgan fingerprint density at radius 1 is 1.11 bits per heavy atom. The van der Waals surface area contributed by atoms with E-state index >= 15 is 0 Å². The molecule has 1 saturated heterocycles. The fourth-order valence-electron chi connectivity index (χ4n) is 2.70. The quantitative estimate of drug-likeness (QED) is 0.858. The van der Waals surface area contributed by atoms with Crippen molar-refractivity contribution in [3.8, 4) is 0 Å². The van der Waals surface area contributed by atoms with Gasteiger partial charge in [0.15, 0.2) is 0 Å². The van der Waals surface area contributed by atoms with Crippen molar-refractivity contribution in [1.29, 1.82) is 0 Å². The summed E-state index contributed by atoms with van der Waals surface area (Å²) in [5.74, 6) is 0. The van der Waals surface area contributed by atoms with Crippen LogP contribution in [0, 0.1) is 6.92 Å². The van der Waals surface area contributed by atoms with Crippen LogP contribution in [-0.2, 0) is 10.2 Å². The number of benzene rings is 2. The molecule has 1 fully saturated rings. The molecular formula is C16H16BrNO. The highest BCUT2D eigenvalue weighted by Gasteiger charge is 2.42. The van der Waals surface area contributed by atoms with E-state index in [4.69, 9.17) is 10.5 Å². The van der Waals surface area contributed by atoms with Crippen LogP contribution in [0.2, 0.25) is 0 Å². The minimum Gasteiger partial charge on any atom is -0.399 e. The summed E-state index contributed by atoms with van der Waals surface area (Å²) in [6.07, 6.45) is 0. The fraction of sp³-hybridized carbons (Fsp3) is 0.250. The van der Waals surface area contributed by atoms with Crippen LogP contribution < -0.4 is 5.73 Å². The number of halogens is 1. The molecule has 1 aliphatic heterocycles. The highest BCUT2D eigenvalue weighted by molar-refractivity contribution is 9.10. The van der Waals surface area contributed by atoms with Crippen LogP contribution in [0.4, 0.5) is 5.69 Å². The number of rotatable bonds is 2. The summed E-state index contributed by atoms with van der Waals surface area (Å²) in [4.78, 5) is 0. The van der Waals surface area contributed by atoms with Crippen LogP contribution >= 0.6 is 15.9 Å². The van der Waals surface area contributed by atoms with Gasteiger partial charge in [0.2, 0.25) is 0 Å². The number of ether oxygens (including phenoxy) is 1. The topological polar surface area (TPSA) is 35.2 Å². The molecule has 2 nitrogen and oxygen atoms in total. The average Bonchev–Trinajstić information content (AvgIpc) is 2.34. The van der Waals surface area contributed by atoms with E-state index in [0.717, 1.165) is 23.4 Å². The molecule has 0 amide bonds. The Balaban J connectivity index is 2.13. The molecule has 0 bridgehead atoms. The van der Waals surface area contributed by atoms with Gasteiger partial charge in [-0.2, -0.15) is 0 Å². The van der Waals surface area contributed by atoms with Gasteiger partial charge in [-0.3, -0.25) is 0 Å². The van der Waals surface area contributed by atoms with E-state index in [9.17, 15) is 0 Å².